The molecule has 2 aromatic rings. The smallest absolute Gasteiger partial charge is 0.164 e. The minimum absolute atomic E-state index is 0.142. The lowest BCUT2D eigenvalue weighted by Gasteiger charge is -2.11. The molecule has 0 N–H and O–H groups in total. The molecule has 0 saturated heterocycles. The standard InChI is InChI=1S/C14H17N3O/c1-4-13(18)12(10-16(2)3)11-5-6-14-15-7-8-17(14)9-11/h5-10H,4H2,1-3H3. The van der Waals surface area contributed by atoms with Crippen molar-refractivity contribution in [3.63, 3.8) is 0 Å². The van der Waals surface area contributed by atoms with E-state index in [1.165, 1.54) is 0 Å². The first-order valence-corrected chi connectivity index (χ1v) is 5.96. The summed E-state index contributed by atoms with van der Waals surface area (Å²) in [6, 6.07) is 3.85. The maximum atomic E-state index is 12.0. The van der Waals surface area contributed by atoms with Crippen molar-refractivity contribution < 1.29 is 4.79 Å². The summed E-state index contributed by atoms with van der Waals surface area (Å²) in [6.45, 7) is 1.88. The molecule has 94 valence electrons. The Morgan fingerprint density at radius 1 is 1.44 bits per heavy atom. The number of nitrogens with zero attached hydrogens (tertiary/aromatic N) is 3. The number of Topliss-reactive ketones (excluding diaryl/α,β-unsaturated/α-hetero) is 1. The highest BCUT2D eigenvalue weighted by Crippen LogP contribution is 2.18. The average Bonchev–Trinajstić information content (AvgIpc) is 2.81. The first-order chi connectivity index (χ1) is 8.61. The molecule has 18 heavy (non-hydrogen) atoms. The molecule has 0 aliphatic carbocycles. The topological polar surface area (TPSA) is 37.6 Å². The van der Waals surface area contributed by atoms with E-state index in [0.29, 0.717) is 6.42 Å². The van der Waals surface area contributed by atoms with E-state index in [9.17, 15) is 4.79 Å². The maximum absolute atomic E-state index is 12.0. The van der Waals surface area contributed by atoms with Gasteiger partial charge in [0.1, 0.15) is 5.65 Å². The third-order valence-electron chi connectivity index (χ3n) is 2.71. The molecule has 0 spiro atoms. The Hall–Kier alpha value is -2.10. The van der Waals surface area contributed by atoms with Crippen molar-refractivity contribution in [2.45, 2.75) is 13.3 Å². The summed E-state index contributed by atoms with van der Waals surface area (Å²) in [5.74, 6) is 0.142. The zero-order valence-electron chi connectivity index (χ0n) is 10.9. The van der Waals surface area contributed by atoms with Crippen LogP contribution < -0.4 is 0 Å². The summed E-state index contributed by atoms with van der Waals surface area (Å²) in [7, 11) is 3.83. The number of fused-ring (bicyclic) bond motifs is 1. The quantitative estimate of drug-likeness (QED) is 0.773. The van der Waals surface area contributed by atoms with Crippen molar-refractivity contribution in [2.24, 2.45) is 0 Å². The average molecular weight is 243 g/mol. The Labute approximate surface area is 107 Å². The van der Waals surface area contributed by atoms with Gasteiger partial charge in [-0.2, -0.15) is 0 Å². The fourth-order valence-electron chi connectivity index (χ4n) is 1.84. The molecule has 0 atom stereocenters. The molecule has 0 radical (unpaired) electrons. The predicted molar refractivity (Wildman–Crippen MR) is 72.2 cm³/mol. The Kier molecular flexibility index (Phi) is 3.46. The van der Waals surface area contributed by atoms with Gasteiger partial charge in [0, 0.05) is 56.4 Å². The Bertz CT molecular complexity index is 596. The molecule has 2 rings (SSSR count). The molecule has 0 aliphatic heterocycles. The molecular weight excluding hydrogens is 226 g/mol. The van der Waals surface area contributed by atoms with Crippen molar-refractivity contribution in [1.29, 1.82) is 0 Å². The van der Waals surface area contributed by atoms with Crippen LogP contribution >= 0.6 is 0 Å². The van der Waals surface area contributed by atoms with E-state index in [1.54, 1.807) is 6.20 Å². The number of carbonyl (C=O) groups is 1. The van der Waals surface area contributed by atoms with Crippen LogP contribution in [0.5, 0.6) is 0 Å². The molecule has 2 aromatic heterocycles. The second-order valence-electron chi connectivity index (χ2n) is 4.39. The SMILES string of the molecule is CCC(=O)C(=CN(C)C)c1ccc2nccn2c1. The van der Waals surface area contributed by atoms with Crippen LogP contribution in [-0.4, -0.2) is 34.2 Å². The second-order valence-corrected chi connectivity index (χ2v) is 4.39. The van der Waals surface area contributed by atoms with E-state index in [0.717, 1.165) is 16.8 Å². The zero-order chi connectivity index (χ0) is 13.1. The molecule has 0 unspecified atom stereocenters. The van der Waals surface area contributed by atoms with Crippen molar-refractivity contribution in [3.8, 4) is 0 Å². The van der Waals surface area contributed by atoms with E-state index in [2.05, 4.69) is 4.98 Å². The molecule has 4 heteroatoms. The Balaban J connectivity index is 2.50. The molecule has 2 heterocycles. The van der Waals surface area contributed by atoms with Crippen LogP contribution in [0.4, 0.5) is 0 Å². The largest absolute Gasteiger partial charge is 0.383 e. The zero-order valence-corrected chi connectivity index (χ0v) is 10.9. The number of ketones is 1. The van der Waals surface area contributed by atoms with E-state index in [4.69, 9.17) is 0 Å². The lowest BCUT2D eigenvalue weighted by molar-refractivity contribution is -0.113. The summed E-state index contributed by atoms with van der Waals surface area (Å²) >= 11 is 0. The number of pyridine rings is 1. The van der Waals surface area contributed by atoms with Crippen LogP contribution in [0, 0.1) is 0 Å². The monoisotopic (exact) mass is 243 g/mol. The first kappa shape index (κ1) is 12.4. The van der Waals surface area contributed by atoms with Gasteiger partial charge < -0.3 is 9.30 Å². The van der Waals surface area contributed by atoms with Gasteiger partial charge in [-0.25, -0.2) is 4.98 Å². The van der Waals surface area contributed by atoms with Gasteiger partial charge in [0.2, 0.25) is 0 Å². The van der Waals surface area contributed by atoms with Crippen LogP contribution in [0.15, 0.2) is 36.9 Å². The van der Waals surface area contributed by atoms with Crippen LogP contribution in [0.3, 0.4) is 0 Å². The van der Waals surface area contributed by atoms with Gasteiger partial charge in [0.15, 0.2) is 5.78 Å². The van der Waals surface area contributed by atoms with Gasteiger partial charge in [0.25, 0.3) is 0 Å². The lowest BCUT2D eigenvalue weighted by atomic mass is 10.0. The highest BCUT2D eigenvalue weighted by Gasteiger charge is 2.11. The summed E-state index contributed by atoms with van der Waals surface area (Å²) < 4.78 is 1.92. The van der Waals surface area contributed by atoms with Crippen molar-refractivity contribution >= 4 is 17.0 Å². The van der Waals surface area contributed by atoms with Crippen molar-refractivity contribution in [2.75, 3.05) is 14.1 Å². The predicted octanol–water partition coefficient (Wildman–Crippen LogP) is 2.22. The van der Waals surface area contributed by atoms with Crippen LogP contribution in [0.2, 0.25) is 0 Å². The Morgan fingerprint density at radius 2 is 2.22 bits per heavy atom. The van der Waals surface area contributed by atoms with Gasteiger partial charge in [-0.1, -0.05) is 6.92 Å². The summed E-state index contributed by atoms with van der Waals surface area (Å²) in [4.78, 5) is 18.1. The van der Waals surface area contributed by atoms with E-state index >= 15 is 0 Å². The molecule has 0 bridgehead atoms. The highest BCUT2D eigenvalue weighted by atomic mass is 16.1. The van der Waals surface area contributed by atoms with E-state index in [-0.39, 0.29) is 5.78 Å². The molecular formula is C14H17N3O. The van der Waals surface area contributed by atoms with Gasteiger partial charge in [-0.05, 0) is 12.1 Å². The van der Waals surface area contributed by atoms with Gasteiger partial charge in [-0.15, -0.1) is 0 Å². The molecule has 0 aliphatic rings. The number of hydrogen-bond donors (Lipinski definition) is 0. The molecule has 0 saturated carbocycles. The Morgan fingerprint density at radius 3 is 2.89 bits per heavy atom. The van der Waals surface area contributed by atoms with Gasteiger partial charge in [-0.3, -0.25) is 4.79 Å². The third-order valence-corrected chi connectivity index (χ3v) is 2.71. The van der Waals surface area contributed by atoms with Gasteiger partial charge in [0.05, 0.1) is 0 Å². The third kappa shape index (κ3) is 2.42. The number of aromatic nitrogens is 2. The minimum Gasteiger partial charge on any atom is -0.383 e. The van der Waals surface area contributed by atoms with Crippen LogP contribution in [0.25, 0.3) is 11.2 Å². The van der Waals surface area contributed by atoms with E-state index in [1.807, 2.05) is 61.0 Å². The summed E-state index contributed by atoms with van der Waals surface area (Å²) in [5, 5.41) is 0. The lowest BCUT2D eigenvalue weighted by Crippen LogP contribution is -2.08. The maximum Gasteiger partial charge on any atom is 0.164 e. The molecule has 0 aromatic carbocycles. The highest BCUT2D eigenvalue weighted by molar-refractivity contribution is 6.20. The number of carbonyl (C=O) groups excluding carboxylic acids is 1. The fraction of sp³-hybridized carbons (Fsp3) is 0.286. The van der Waals surface area contributed by atoms with Crippen LogP contribution in [-0.2, 0) is 4.79 Å². The number of rotatable bonds is 4. The van der Waals surface area contributed by atoms with E-state index < -0.39 is 0 Å². The van der Waals surface area contributed by atoms with Crippen LogP contribution in [0.1, 0.15) is 18.9 Å². The minimum atomic E-state index is 0.142. The molecule has 0 amide bonds. The number of hydrogen-bond acceptors (Lipinski definition) is 3. The van der Waals surface area contributed by atoms with Crippen molar-refractivity contribution in [3.05, 3.63) is 42.5 Å². The normalized spacial score (nSPS) is 11.8. The first-order valence-electron chi connectivity index (χ1n) is 5.96. The summed E-state index contributed by atoms with van der Waals surface area (Å²) in [5.41, 5.74) is 2.53. The van der Waals surface area contributed by atoms with Gasteiger partial charge >= 0.3 is 0 Å². The molecule has 4 nitrogen and oxygen atoms in total. The summed E-state index contributed by atoms with van der Waals surface area (Å²) in [6.07, 6.45) is 7.93. The molecule has 0 fully saturated rings. The fourth-order valence-corrected chi connectivity index (χ4v) is 1.84. The second kappa shape index (κ2) is 5.04. The number of allylic oxidation sites excluding steroid dienone is 1. The number of imidazole rings is 1. The van der Waals surface area contributed by atoms with Crippen molar-refractivity contribution in [1.82, 2.24) is 14.3 Å².